The maximum Gasteiger partial charge on any atom is 0.240 e. The van der Waals surface area contributed by atoms with Gasteiger partial charge in [0.1, 0.15) is 0 Å². The molecule has 2 aromatic rings. The van der Waals surface area contributed by atoms with Crippen molar-refractivity contribution in [2.45, 2.75) is 31.8 Å². The number of rotatable bonds is 7. The first-order valence-corrected chi connectivity index (χ1v) is 10.6. The molecule has 0 unspecified atom stereocenters. The number of nitrogens with one attached hydrogen (secondary N) is 2. The first-order chi connectivity index (χ1) is 12.4. The van der Waals surface area contributed by atoms with E-state index in [1.807, 2.05) is 25.8 Å². The molecule has 0 saturated carbocycles. The van der Waals surface area contributed by atoms with Gasteiger partial charge in [-0.3, -0.25) is 0 Å². The Balaban J connectivity index is 0.00000364. The average Bonchev–Trinajstić information content (AvgIpc) is 3.03. The van der Waals surface area contributed by atoms with Gasteiger partial charge < -0.3 is 10.2 Å². The van der Waals surface area contributed by atoms with E-state index < -0.39 is 10.0 Å². The van der Waals surface area contributed by atoms with Gasteiger partial charge in [-0.05, 0) is 38.6 Å². The summed E-state index contributed by atoms with van der Waals surface area (Å²) in [5.41, 5.74) is 1.95. The lowest BCUT2D eigenvalue weighted by atomic mass is 10.2. The molecule has 150 valence electrons. The van der Waals surface area contributed by atoms with Crippen molar-refractivity contribution in [1.82, 2.24) is 19.9 Å². The Morgan fingerprint density at radius 3 is 2.48 bits per heavy atom. The minimum absolute atomic E-state index is 0. The molecule has 0 bridgehead atoms. The van der Waals surface area contributed by atoms with Crippen LogP contribution >= 0.6 is 35.3 Å². The highest BCUT2D eigenvalue weighted by Gasteiger charge is 2.11. The molecular formula is C17H26IN5O2S2. The number of benzene rings is 1. The zero-order valence-corrected chi connectivity index (χ0v) is 19.9. The maximum absolute atomic E-state index is 11.8. The molecule has 1 aromatic carbocycles. The highest BCUT2D eigenvalue weighted by atomic mass is 127. The molecule has 7 nitrogen and oxygen atoms in total. The normalized spacial score (nSPS) is 11.8. The van der Waals surface area contributed by atoms with Gasteiger partial charge in [0.15, 0.2) is 5.96 Å². The second-order valence-corrected chi connectivity index (χ2v) is 8.68. The lowest BCUT2D eigenvalue weighted by Crippen LogP contribution is -2.38. The standard InChI is InChI=1S/C17H25N5O2S2.HI/c1-5-19-17(22(4)11-15-12-25-13(2)21-15)20-10-14-6-8-16(9-7-14)26(23,24)18-3;/h6-9,12,18H,5,10-11H2,1-4H3,(H,19,20);1H. The van der Waals surface area contributed by atoms with Gasteiger partial charge in [0.2, 0.25) is 10.0 Å². The summed E-state index contributed by atoms with van der Waals surface area (Å²) in [6, 6.07) is 6.74. The van der Waals surface area contributed by atoms with E-state index in [9.17, 15) is 8.42 Å². The van der Waals surface area contributed by atoms with E-state index in [1.54, 1.807) is 35.6 Å². The van der Waals surface area contributed by atoms with E-state index in [1.165, 1.54) is 7.05 Å². The molecule has 0 amide bonds. The van der Waals surface area contributed by atoms with Gasteiger partial charge in [0, 0.05) is 19.0 Å². The van der Waals surface area contributed by atoms with Crippen molar-refractivity contribution in [3.05, 3.63) is 45.9 Å². The average molecular weight is 523 g/mol. The number of aryl methyl sites for hydroxylation is 1. The summed E-state index contributed by atoms with van der Waals surface area (Å²) in [6.45, 7) is 5.91. The summed E-state index contributed by atoms with van der Waals surface area (Å²) in [7, 11) is -0.0435. The van der Waals surface area contributed by atoms with Gasteiger partial charge >= 0.3 is 0 Å². The molecule has 1 heterocycles. The number of nitrogens with zero attached hydrogens (tertiary/aromatic N) is 3. The van der Waals surface area contributed by atoms with Crippen LogP contribution in [0.4, 0.5) is 0 Å². The fraction of sp³-hybridized carbons (Fsp3) is 0.412. The lowest BCUT2D eigenvalue weighted by Gasteiger charge is -2.21. The lowest BCUT2D eigenvalue weighted by molar-refractivity contribution is 0.471. The SMILES string of the molecule is CCNC(=NCc1ccc(S(=O)(=O)NC)cc1)N(C)Cc1csc(C)n1.I. The van der Waals surface area contributed by atoms with Crippen LogP contribution in [0.25, 0.3) is 0 Å². The number of guanidine groups is 1. The first kappa shape index (κ1) is 23.8. The fourth-order valence-corrected chi connectivity index (χ4v) is 3.66. The van der Waals surface area contributed by atoms with Crippen molar-refractivity contribution >= 4 is 51.3 Å². The van der Waals surface area contributed by atoms with Crippen LogP contribution in [0.2, 0.25) is 0 Å². The molecular weight excluding hydrogens is 497 g/mol. The summed E-state index contributed by atoms with van der Waals surface area (Å²) in [6.07, 6.45) is 0. The van der Waals surface area contributed by atoms with E-state index in [0.717, 1.165) is 28.8 Å². The van der Waals surface area contributed by atoms with Crippen LogP contribution in [0.15, 0.2) is 39.5 Å². The Kier molecular flexibility index (Phi) is 9.63. The monoisotopic (exact) mass is 523 g/mol. The Bertz CT molecular complexity index is 850. The van der Waals surface area contributed by atoms with Crippen molar-refractivity contribution in [3.63, 3.8) is 0 Å². The summed E-state index contributed by atoms with van der Waals surface area (Å²) >= 11 is 1.63. The molecule has 1 aromatic heterocycles. The molecule has 0 aliphatic heterocycles. The van der Waals surface area contributed by atoms with Gasteiger partial charge in [0.05, 0.1) is 28.7 Å². The molecule has 0 aliphatic carbocycles. The smallest absolute Gasteiger partial charge is 0.240 e. The predicted molar refractivity (Wildman–Crippen MR) is 121 cm³/mol. The molecule has 10 heteroatoms. The van der Waals surface area contributed by atoms with Crippen molar-refractivity contribution < 1.29 is 8.42 Å². The van der Waals surface area contributed by atoms with Crippen LogP contribution in [0.1, 0.15) is 23.2 Å². The van der Waals surface area contributed by atoms with Crippen LogP contribution in [0.3, 0.4) is 0 Å². The van der Waals surface area contributed by atoms with Crippen LogP contribution in [0, 0.1) is 6.92 Å². The van der Waals surface area contributed by atoms with Crippen molar-refractivity contribution in [1.29, 1.82) is 0 Å². The minimum Gasteiger partial charge on any atom is -0.357 e. The van der Waals surface area contributed by atoms with E-state index >= 15 is 0 Å². The Morgan fingerprint density at radius 2 is 1.96 bits per heavy atom. The molecule has 27 heavy (non-hydrogen) atoms. The number of aliphatic imine (C=N–C) groups is 1. The highest BCUT2D eigenvalue weighted by Crippen LogP contribution is 2.12. The van der Waals surface area contributed by atoms with Gasteiger partial charge in [0.25, 0.3) is 0 Å². The number of aromatic nitrogens is 1. The molecule has 0 fully saturated rings. The molecule has 0 spiro atoms. The minimum atomic E-state index is -3.41. The molecule has 2 rings (SSSR count). The molecule has 2 N–H and O–H groups in total. The zero-order valence-electron chi connectivity index (χ0n) is 15.9. The van der Waals surface area contributed by atoms with E-state index in [-0.39, 0.29) is 28.9 Å². The first-order valence-electron chi connectivity index (χ1n) is 8.28. The van der Waals surface area contributed by atoms with Crippen LogP contribution in [0.5, 0.6) is 0 Å². The van der Waals surface area contributed by atoms with E-state index in [4.69, 9.17) is 0 Å². The largest absolute Gasteiger partial charge is 0.357 e. The summed E-state index contributed by atoms with van der Waals surface area (Å²) < 4.78 is 25.8. The topological polar surface area (TPSA) is 86.7 Å². The fourth-order valence-electron chi connectivity index (χ4n) is 2.33. The molecule has 0 saturated heterocycles. The Labute approximate surface area is 182 Å². The number of sulfonamides is 1. The zero-order chi connectivity index (χ0) is 19.2. The quantitative estimate of drug-likeness (QED) is 0.331. The molecule has 0 aliphatic rings. The second kappa shape index (κ2) is 10.9. The van der Waals surface area contributed by atoms with Crippen molar-refractivity contribution in [2.24, 2.45) is 4.99 Å². The third-order valence-electron chi connectivity index (χ3n) is 3.68. The van der Waals surface area contributed by atoms with Crippen LogP contribution < -0.4 is 10.0 Å². The van der Waals surface area contributed by atoms with Crippen molar-refractivity contribution in [3.8, 4) is 0 Å². The Hall–Kier alpha value is -1.24. The second-order valence-electron chi connectivity index (χ2n) is 5.74. The van der Waals surface area contributed by atoms with Gasteiger partial charge in [-0.15, -0.1) is 35.3 Å². The van der Waals surface area contributed by atoms with E-state index in [2.05, 4.69) is 25.4 Å². The van der Waals surface area contributed by atoms with Crippen LogP contribution in [-0.4, -0.2) is 44.9 Å². The summed E-state index contributed by atoms with van der Waals surface area (Å²) in [4.78, 5) is 11.4. The highest BCUT2D eigenvalue weighted by molar-refractivity contribution is 14.0. The third-order valence-corrected chi connectivity index (χ3v) is 5.93. The van der Waals surface area contributed by atoms with E-state index in [0.29, 0.717) is 13.1 Å². The molecule has 0 radical (unpaired) electrons. The van der Waals surface area contributed by atoms with Crippen molar-refractivity contribution in [2.75, 3.05) is 20.6 Å². The number of halogens is 1. The Morgan fingerprint density at radius 1 is 1.30 bits per heavy atom. The third kappa shape index (κ3) is 7.01. The number of hydrogen-bond donors (Lipinski definition) is 2. The number of thiazole rings is 1. The maximum atomic E-state index is 11.8. The van der Waals surface area contributed by atoms with Gasteiger partial charge in [-0.25, -0.2) is 23.1 Å². The predicted octanol–water partition coefficient (Wildman–Crippen LogP) is 2.58. The van der Waals surface area contributed by atoms with Gasteiger partial charge in [-0.1, -0.05) is 12.1 Å². The van der Waals surface area contributed by atoms with Gasteiger partial charge in [-0.2, -0.15) is 0 Å². The van der Waals surface area contributed by atoms with Crippen LogP contribution in [-0.2, 0) is 23.1 Å². The molecule has 0 atom stereocenters. The summed E-state index contributed by atoms with van der Waals surface area (Å²) in [5.74, 6) is 0.782. The number of hydrogen-bond acceptors (Lipinski definition) is 5. The summed E-state index contributed by atoms with van der Waals surface area (Å²) in [5, 5.41) is 6.37.